The zero-order valence-electron chi connectivity index (χ0n) is 12.3. The van der Waals surface area contributed by atoms with Gasteiger partial charge in [0.2, 0.25) is 0 Å². The monoisotopic (exact) mass is 337 g/mol. The first kappa shape index (κ1) is 15.6. The second-order valence-electron chi connectivity index (χ2n) is 5.93. The van der Waals surface area contributed by atoms with E-state index < -0.39 is 0 Å². The summed E-state index contributed by atoms with van der Waals surface area (Å²) in [6.45, 7) is 2.91. The Morgan fingerprint density at radius 2 is 1.85 bits per heavy atom. The average Bonchev–Trinajstić information content (AvgIpc) is 2.53. The first-order valence-electron chi connectivity index (χ1n) is 7.62. The molecule has 2 rings (SSSR count). The van der Waals surface area contributed by atoms with Gasteiger partial charge in [-0.15, -0.1) is 0 Å². The number of hydrogen-bond donors (Lipinski definition) is 1. The van der Waals surface area contributed by atoms with Gasteiger partial charge >= 0.3 is 0 Å². The van der Waals surface area contributed by atoms with E-state index in [4.69, 9.17) is 0 Å². The van der Waals surface area contributed by atoms with Gasteiger partial charge in [0.1, 0.15) is 0 Å². The summed E-state index contributed by atoms with van der Waals surface area (Å²) in [6, 6.07) is 7.93. The molecule has 1 aromatic rings. The Kier molecular flexibility index (Phi) is 5.64. The minimum atomic E-state index is 0.0542. The zero-order valence-corrected chi connectivity index (χ0v) is 13.8. The summed E-state index contributed by atoms with van der Waals surface area (Å²) in [5.74, 6) is 0.0542. The highest BCUT2D eigenvalue weighted by molar-refractivity contribution is 9.09. The highest BCUT2D eigenvalue weighted by atomic mass is 79.9. The van der Waals surface area contributed by atoms with Crippen LogP contribution in [0.1, 0.15) is 54.9 Å². The Hall–Kier alpha value is -0.830. The van der Waals surface area contributed by atoms with Gasteiger partial charge < -0.3 is 5.32 Å². The zero-order chi connectivity index (χ0) is 14.4. The fourth-order valence-electron chi connectivity index (χ4n) is 2.92. The molecule has 0 unspecified atom stereocenters. The van der Waals surface area contributed by atoms with Crippen molar-refractivity contribution >= 4 is 21.8 Å². The van der Waals surface area contributed by atoms with Crippen molar-refractivity contribution in [1.29, 1.82) is 0 Å². The molecule has 1 amide bonds. The normalized spacial score (nSPS) is 17.7. The summed E-state index contributed by atoms with van der Waals surface area (Å²) < 4.78 is 0. The molecule has 0 saturated heterocycles. The maximum atomic E-state index is 12.2. The van der Waals surface area contributed by atoms with Crippen LogP contribution in [0.5, 0.6) is 0 Å². The van der Waals surface area contributed by atoms with E-state index in [1.54, 1.807) is 0 Å². The highest BCUT2D eigenvalue weighted by Gasteiger charge is 2.31. The van der Waals surface area contributed by atoms with E-state index in [1.807, 2.05) is 24.3 Å². The predicted molar refractivity (Wildman–Crippen MR) is 87.5 cm³/mol. The van der Waals surface area contributed by atoms with Gasteiger partial charge in [-0.05, 0) is 42.4 Å². The van der Waals surface area contributed by atoms with Crippen molar-refractivity contribution in [3.63, 3.8) is 0 Å². The van der Waals surface area contributed by atoms with Crippen molar-refractivity contribution in [2.45, 2.75) is 45.4 Å². The summed E-state index contributed by atoms with van der Waals surface area (Å²) in [7, 11) is 0. The fraction of sp³-hybridized carbons (Fsp3) is 0.588. The van der Waals surface area contributed by atoms with Crippen LogP contribution in [0.4, 0.5) is 0 Å². The number of carbonyl (C=O) groups is 1. The summed E-state index contributed by atoms with van der Waals surface area (Å²) in [6.07, 6.45) is 7.34. The van der Waals surface area contributed by atoms with E-state index in [-0.39, 0.29) is 11.3 Å². The minimum Gasteiger partial charge on any atom is -0.351 e. The summed E-state index contributed by atoms with van der Waals surface area (Å²) in [4.78, 5) is 12.2. The lowest BCUT2D eigenvalue weighted by Crippen LogP contribution is -2.40. The van der Waals surface area contributed by atoms with E-state index in [2.05, 4.69) is 28.2 Å². The number of amides is 1. The lowest BCUT2D eigenvalue weighted by molar-refractivity contribution is 0.0922. The maximum absolute atomic E-state index is 12.2. The number of rotatable bonds is 5. The molecule has 1 aliphatic rings. The van der Waals surface area contributed by atoms with Crippen LogP contribution in [0.15, 0.2) is 24.3 Å². The largest absolute Gasteiger partial charge is 0.351 e. The van der Waals surface area contributed by atoms with Crippen molar-refractivity contribution in [2.75, 3.05) is 11.9 Å². The number of alkyl halides is 1. The van der Waals surface area contributed by atoms with Crippen LogP contribution in [0.25, 0.3) is 0 Å². The molecule has 0 aliphatic heterocycles. The summed E-state index contributed by atoms with van der Waals surface area (Å²) in [5, 5.41) is 4.11. The second kappa shape index (κ2) is 7.26. The molecule has 20 heavy (non-hydrogen) atoms. The van der Waals surface area contributed by atoms with E-state index in [9.17, 15) is 4.79 Å². The highest BCUT2D eigenvalue weighted by Crippen LogP contribution is 2.37. The van der Waals surface area contributed by atoms with E-state index in [0.717, 1.165) is 23.9 Å². The topological polar surface area (TPSA) is 29.1 Å². The third kappa shape index (κ3) is 3.85. The molecule has 1 aliphatic carbocycles. The molecule has 0 heterocycles. The van der Waals surface area contributed by atoms with Crippen LogP contribution >= 0.6 is 15.9 Å². The number of carbonyl (C=O) groups excluding carboxylic acids is 1. The van der Waals surface area contributed by atoms with Crippen molar-refractivity contribution < 1.29 is 4.79 Å². The van der Waals surface area contributed by atoms with Crippen molar-refractivity contribution in [3.05, 3.63) is 35.4 Å². The van der Waals surface area contributed by atoms with Crippen LogP contribution in [0.2, 0.25) is 0 Å². The predicted octanol–water partition coefficient (Wildman–Crippen LogP) is 4.32. The Bertz CT molecular complexity index is 435. The fourth-order valence-corrected chi connectivity index (χ4v) is 3.68. The Morgan fingerprint density at radius 3 is 2.40 bits per heavy atom. The SMILES string of the molecule is CCc1ccc(C(=O)NCC2(CBr)CCCCC2)cc1. The summed E-state index contributed by atoms with van der Waals surface area (Å²) in [5.41, 5.74) is 2.30. The van der Waals surface area contributed by atoms with Crippen LogP contribution in [-0.2, 0) is 6.42 Å². The molecule has 0 atom stereocenters. The molecule has 1 N–H and O–H groups in total. The molecule has 2 nitrogen and oxygen atoms in total. The number of nitrogens with one attached hydrogen (secondary N) is 1. The van der Waals surface area contributed by atoms with Crippen molar-refractivity contribution in [3.8, 4) is 0 Å². The number of halogens is 1. The molecule has 110 valence electrons. The van der Waals surface area contributed by atoms with Crippen molar-refractivity contribution in [1.82, 2.24) is 5.32 Å². The molecule has 0 radical (unpaired) electrons. The van der Waals surface area contributed by atoms with Gasteiger partial charge in [-0.1, -0.05) is 54.2 Å². The molecule has 0 bridgehead atoms. The molecule has 1 fully saturated rings. The minimum absolute atomic E-state index is 0.0542. The third-order valence-corrected chi connectivity index (χ3v) is 5.64. The Morgan fingerprint density at radius 1 is 1.20 bits per heavy atom. The Labute approximate surface area is 130 Å². The van der Waals surface area contributed by atoms with E-state index >= 15 is 0 Å². The number of hydrogen-bond acceptors (Lipinski definition) is 1. The van der Waals surface area contributed by atoms with Gasteiger partial charge in [0.15, 0.2) is 0 Å². The molecule has 0 aromatic heterocycles. The smallest absolute Gasteiger partial charge is 0.251 e. The van der Waals surface area contributed by atoms with Crippen LogP contribution in [0.3, 0.4) is 0 Å². The molecule has 1 aromatic carbocycles. The first-order chi connectivity index (χ1) is 9.69. The quantitative estimate of drug-likeness (QED) is 0.796. The molecular weight excluding hydrogens is 314 g/mol. The van der Waals surface area contributed by atoms with Crippen LogP contribution in [-0.4, -0.2) is 17.8 Å². The van der Waals surface area contributed by atoms with E-state index in [1.165, 1.54) is 37.7 Å². The lowest BCUT2D eigenvalue weighted by atomic mass is 9.75. The van der Waals surface area contributed by atoms with E-state index in [0.29, 0.717) is 0 Å². The van der Waals surface area contributed by atoms with Crippen LogP contribution in [0, 0.1) is 5.41 Å². The van der Waals surface area contributed by atoms with Crippen molar-refractivity contribution in [2.24, 2.45) is 5.41 Å². The molecule has 1 saturated carbocycles. The first-order valence-corrected chi connectivity index (χ1v) is 8.74. The van der Waals surface area contributed by atoms with Gasteiger partial charge in [-0.25, -0.2) is 0 Å². The lowest BCUT2D eigenvalue weighted by Gasteiger charge is -2.35. The molecule has 3 heteroatoms. The van der Waals surface area contributed by atoms with Crippen LogP contribution < -0.4 is 5.32 Å². The van der Waals surface area contributed by atoms with Gasteiger partial charge in [0.05, 0.1) is 0 Å². The number of aryl methyl sites for hydroxylation is 1. The van der Waals surface area contributed by atoms with Gasteiger partial charge in [-0.2, -0.15) is 0 Å². The Balaban J connectivity index is 1.93. The average molecular weight is 338 g/mol. The number of benzene rings is 1. The van der Waals surface area contributed by atoms with Gasteiger partial charge in [0, 0.05) is 17.4 Å². The standard InChI is InChI=1S/C17H24BrNO/c1-2-14-6-8-15(9-7-14)16(20)19-13-17(12-18)10-4-3-5-11-17/h6-9H,2-5,10-13H2,1H3,(H,19,20). The maximum Gasteiger partial charge on any atom is 0.251 e. The third-order valence-electron chi connectivity index (χ3n) is 4.45. The van der Waals surface area contributed by atoms with Gasteiger partial charge in [-0.3, -0.25) is 4.79 Å². The molecular formula is C17H24BrNO. The molecule has 0 spiro atoms. The second-order valence-corrected chi connectivity index (χ2v) is 6.49. The van der Waals surface area contributed by atoms with Gasteiger partial charge in [0.25, 0.3) is 5.91 Å². The summed E-state index contributed by atoms with van der Waals surface area (Å²) >= 11 is 3.64.